The zero-order valence-electron chi connectivity index (χ0n) is 9.52. The Hall–Kier alpha value is -1.52. The van der Waals surface area contributed by atoms with E-state index in [0.29, 0.717) is 24.6 Å². The molecule has 0 spiro atoms. The Labute approximate surface area is 105 Å². The van der Waals surface area contributed by atoms with E-state index in [4.69, 9.17) is 17.3 Å². The molecule has 5 heteroatoms. The molecule has 4 nitrogen and oxygen atoms in total. The van der Waals surface area contributed by atoms with Gasteiger partial charge in [0.1, 0.15) is 17.5 Å². The molecule has 0 saturated heterocycles. The first kappa shape index (κ1) is 12.0. The normalized spacial score (nSPS) is 10.5. The molecule has 0 aliphatic rings. The largest absolute Gasteiger partial charge is 0.324 e. The first-order valence-electron chi connectivity index (χ1n) is 5.32. The molecule has 1 aromatic heterocycles. The highest BCUT2D eigenvalue weighted by Gasteiger charge is 2.04. The summed E-state index contributed by atoms with van der Waals surface area (Å²) >= 11 is 5.83. The van der Waals surface area contributed by atoms with Crippen molar-refractivity contribution in [1.29, 1.82) is 0 Å². The van der Waals surface area contributed by atoms with E-state index in [9.17, 15) is 0 Å². The van der Waals surface area contributed by atoms with Crippen LogP contribution in [0.5, 0.6) is 0 Å². The van der Waals surface area contributed by atoms with Crippen LogP contribution < -0.4 is 5.73 Å². The van der Waals surface area contributed by atoms with Gasteiger partial charge in [-0.1, -0.05) is 23.7 Å². The van der Waals surface area contributed by atoms with Crippen LogP contribution in [0.25, 0.3) is 0 Å². The summed E-state index contributed by atoms with van der Waals surface area (Å²) in [6, 6.07) is 7.64. The molecule has 0 radical (unpaired) electrons. The molecule has 0 aliphatic heterocycles. The number of aryl methyl sites for hydroxylation is 1. The molecule has 0 aliphatic carbocycles. The van der Waals surface area contributed by atoms with E-state index < -0.39 is 0 Å². The van der Waals surface area contributed by atoms with Gasteiger partial charge >= 0.3 is 0 Å². The van der Waals surface area contributed by atoms with Gasteiger partial charge in [-0.3, -0.25) is 0 Å². The molecule has 1 aromatic carbocycles. The molecule has 2 N–H and O–H groups in total. The molecular weight excluding hydrogens is 236 g/mol. The van der Waals surface area contributed by atoms with Crippen molar-refractivity contribution < 1.29 is 0 Å². The van der Waals surface area contributed by atoms with E-state index in [1.807, 2.05) is 31.2 Å². The summed E-state index contributed by atoms with van der Waals surface area (Å²) < 4.78 is 0. The summed E-state index contributed by atoms with van der Waals surface area (Å²) in [5, 5.41) is 0.725. The smallest absolute Gasteiger partial charge is 0.146 e. The summed E-state index contributed by atoms with van der Waals surface area (Å²) in [5.74, 6) is 2.06. The zero-order chi connectivity index (χ0) is 12.3. The van der Waals surface area contributed by atoms with E-state index in [0.717, 1.165) is 16.4 Å². The van der Waals surface area contributed by atoms with E-state index in [1.165, 1.54) is 0 Å². The van der Waals surface area contributed by atoms with Gasteiger partial charge in [0.2, 0.25) is 0 Å². The lowest BCUT2D eigenvalue weighted by Gasteiger charge is -2.04. The number of hydrogen-bond acceptors (Lipinski definition) is 4. The molecule has 0 saturated carbocycles. The lowest BCUT2D eigenvalue weighted by Crippen LogP contribution is -2.09. The van der Waals surface area contributed by atoms with E-state index in [1.54, 1.807) is 0 Å². The number of rotatable bonds is 3. The van der Waals surface area contributed by atoms with Gasteiger partial charge in [0.25, 0.3) is 0 Å². The van der Waals surface area contributed by atoms with Crippen molar-refractivity contribution in [3.63, 3.8) is 0 Å². The molecule has 88 valence electrons. The van der Waals surface area contributed by atoms with Crippen LogP contribution >= 0.6 is 11.6 Å². The second-order valence-electron chi connectivity index (χ2n) is 3.72. The number of benzene rings is 1. The van der Waals surface area contributed by atoms with Crippen LogP contribution in [0.3, 0.4) is 0 Å². The molecule has 0 bridgehead atoms. The fraction of sp³-hybridized carbons (Fsp3) is 0.250. The SMILES string of the molecule is Cc1nc(CN)nc(Cc2ccc(Cl)cc2)n1. The Kier molecular flexibility index (Phi) is 3.66. The Morgan fingerprint density at radius 2 is 1.71 bits per heavy atom. The maximum Gasteiger partial charge on any atom is 0.146 e. The van der Waals surface area contributed by atoms with Crippen LogP contribution in [0.4, 0.5) is 0 Å². The molecule has 0 amide bonds. The van der Waals surface area contributed by atoms with E-state index in [-0.39, 0.29) is 0 Å². The van der Waals surface area contributed by atoms with Gasteiger partial charge in [0.15, 0.2) is 0 Å². The average Bonchev–Trinajstić information content (AvgIpc) is 2.31. The molecule has 2 rings (SSSR count). The van der Waals surface area contributed by atoms with Crippen molar-refractivity contribution in [2.75, 3.05) is 0 Å². The monoisotopic (exact) mass is 248 g/mol. The third-order valence-corrected chi connectivity index (χ3v) is 2.55. The number of halogens is 1. The summed E-state index contributed by atoms with van der Waals surface area (Å²) in [7, 11) is 0. The lowest BCUT2D eigenvalue weighted by atomic mass is 10.1. The third-order valence-electron chi connectivity index (χ3n) is 2.30. The molecule has 0 fully saturated rings. The van der Waals surface area contributed by atoms with Gasteiger partial charge in [0.05, 0.1) is 6.54 Å². The molecule has 0 atom stereocenters. The lowest BCUT2D eigenvalue weighted by molar-refractivity contribution is 0.796. The predicted molar refractivity (Wildman–Crippen MR) is 66.7 cm³/mol. The Balaban J connectivity index is 2.23. The van der Waals surface area contributed by atoms with Crippen LogP contribution in [0.15, 0.2) is 24.3 Å². The van der Waals surface area contributed by atoms with E-state index in [2.05, 4.69) is 15.0 Å². The molecular formula is C12H13ClN4. The number of nitrogens with zero attached hydrogens (tertiary/aromatic N) is 3. The van der Waals surface area contributed by atoms with Gasteiger partial charge < -0.3 is 5.73 Å². The van der Waals surface area contributed by atoms with Crippen LogP contribution in [0, 0.1) is 6.92 Å². The Morgan fingerprint density at radius 3 is 2.35 bits per heavy atom. The van der Waals surface area contributed by atoms with Crippen molar-refractivity contribution in [2.24, 2.45) is 5.73 Å². The molecule has 1 heterocycles. The molecule has 0 unspecified atom stereocenters. The average molecular weight is 249 g/mol. The van der Waals surface area contributed by atoms with Gasteiger partial charge in [-0.05, 0) is 24.6 Å². The Bertz CT molecular complexity index is 510. The maximum atomic E-state index is 5.83. The van der Waals surface area contributed by atoms with Crippen molar-refractivity contribution in [3.05, 3.63) is 52.3 Å². The highest BCUT2D eigenvalue weighted by atomic mass is 35.5. The first-order valence-corrected chi connectivity index (χ1v) is 5.70. The topological polar surface area (TPSA) is 64.7 Å². The standard InChI is InChI=1S/C12H13ClN4/c1-8-15-11(17-12(7-14)16-8)6-9-2-4-10(13)5-3-9/h2-5H,6-7,14H2,1H3. The summed E-state index contributed by atoms with van der Waals surface area (Å²) in [6.07, 6.45) is 0.660. The molecule has 2 aromatic rings. The predicted octanol–water partition coefficient (Wildman–Crippen LogP) is 1.88. The van der Waals surface area contributed by atoms with Crippen LogP contribution in [-0.2, 0) is 13.0 Å². The van der Waals surface area contributed by atoms with Crippen LogP contribution in [0.2, 0.25) is 5.02 Å². The minimum atomic E-state index is 0.330. The fourth-order valence-corrected chi connectivity index (χ4v) is 1.68. The fourth-order valence-electron chi connectivity index (χ4n) is 1.55. The zero-order valence-corrected chi connectivity index (χ0v) is 10.3. The minimum Gasteiger partial charge on any atom is -0.324 e. The highest BCUT2D eigenvalue weighted by molar-refractivity contribution is 6.30. The van der Waals surface area contributed by atoms with Crippen LogP contribution in [-0.4, -0.2) is 15.0 Å². The van der Waals surface area contributed by atoms with Crippen molar-refractivity contribution >= 4 is 11.6 Å². The second kappa shape index (κ2) is 5.21. The van der Waals surface area contributed by atoms with Crippen LogP contribution in [0.1, 0.15) is 23.0 Å². The summed E-state index contributed by atoms with van der Waals surface area (Å²) in [5.41, 5.74) is 6.64. The van der Waals surface area contributed by atoms with Gasteiger partial charge in [-0.25, -0.2) is 15.0 Å². The highest BCUT2D eigenvalue weighted by Crippen LogP contribution is 2.11. The maximum absolute atomic E-state index is 5.83. The number of hydrogen-bond donors (Lipinski definition) is 1. The summed E-state index contributed by atoms with van der Waals surface area (Å²) in [4.78, 5) is 12.7. The van der Waals surface area contributed by atoms with Gasteiger partial charge in [-0.2, -0.15) is 0 Å². The van der Waals surface area contributed by atoms with E-state index >= 15 is 0 Å². The third kappa shape index (κ3) is 3.22. The van der Waals surface area contributed by atoms with Crippen molar-refractivity contribution in [2.45, 2.75) is 19.9 Å². The van der Waals surface area contributed by atoms with Crippen molar-refractivity contribution in [3.8, 4) is 0 Å². The summed E-state index contributed by atoms with van der Waals surface area (Å²) in [6.45, 7) is 2.17. The van der Waals surface area contributed by atoms with Crippen molar-refractivity contribution in [1.82, 2.24) is 15.0 Å². The number of nitrogens with two attached hydrogens (primary N) is 1. The Morgan fingerprint density at radius 1 is 1.06 bits per heavy atom. The second-order valence-corrected chi connectivity index (χ2v) is 4.16. The van der Waals surface area contributed by atoms with Gasteiger partial charge in [0, 0.05) is 11.4 Å². The van der Waals surface area contributed by atoms with Gasteiger partial charge in [-0.15, -0.1) is 0 Å². The number of aromatic nitrogens is 3. The quantitative estimate of drug-likeness (QED) is 0.901. The first-order chi connectivity index (χ1) is 8.17. The molecule has 17 heavy (non-hydrogen) atoms. The minimum absolute atomic E-state index is 0.330.